The summed E-state index contributed by atoms with van der Waals surface area (Å²) in [5.41, 5.74) is 0. The molecule has 1 saturated heterocycles. The van der Waals surface area contributed by atoms with Crippen molar-refractivity contribution in [2.45, 2.75) is 31.3 Å². The van der Waals surface area contributed by atoms with Crippen LogP contribution in [-0.4, -0.2) is 83.3 Å². The molecule has 0 amide bonds. The van der Waals surface area contributed by atoms with Crippen molar-refractivity contribution < 1.29 is 13.2 Å². The molecule has 0 bridgehead atoms. The fourth-order valence-electron chi connectivity index (χ4n) is 2.74. The molecule has 2 aliphatic rings. The molecule has 2 rings (SSSR count). The van der Waals surface area contributed by atoms with Crippen LogP contribution in [-0.2, 0) is 14.6 Å². The minimum absolute atomic E-state index is 0. The number of hydrogen-bond donors (Lipinski definition) is 2. The number of halogens is 1. The molecule has 1 heterocycles. The van der Waals surface area contributed by atoms with E-state index in [1.54, 1.807) is 14.2 Å². The van der Waals surface area contributed by atoms with Gasteiger partial charge in [-0.15, -0.1) is 24.0 Å². The molecule has 1 saturated carbocycles. The van der Waals surface area contributed by atoms with E-state index in [4.69, 9.17) is 4.74 Å². The summed E-state index contributed by atoms with van der Waals surface area (Å²) >= 11 is 0. The van der Waals surface area contributed by atoms with Crippen LogP contribution in [0.3, 0.4) is 0 Å². The Hall–Kier alpha value is -0.130. The zero-order valence-corrected chi connectivity index (χ0v) is 17.1. The maximum Gasteiger partial charge on any atom is 0.191 e. The second-order valence-corrected chi connectivity index (χ2v) is 8.23. The number of methoxy groups -OCH3 is 1. The average Bonchev–Trinajstić information content (AvgIpc) is 3.26. The van der Waals surface area contributed by atoms with Gasteiger partial charge in [-0.05, 0) is 19.3 Å². The van der Waals surface area contributed by atoms with Gasteiger partial charge in [-0.25, -0.2) is 8.42 Å². The van der Waals surface area contributed by atoms with Crippen molar-refractivity contribution in [2.24, 2.45) is 4.99 Å². The summed E-state index contributed by atoms with van der Waals surface area (Å²) < 4.78 is 28.1. The van der Waals surface area contributed by atoms with Crippen molar-refractivity contribution in [1.29, 1.82) is 0 Å². The van der Waals surface area contributed by atoms with Gasteiger partial charge in [0.05, 0.1) is 18.1 Å². The molecule has 7 nitrogen and oxygen atoms in total. The molecule has 0 aromatic heterocycles. The molecule has 0 aromatic carbocycles. The Morgan fingerprint density at radius 1 is 1.30 bits per heavy atom. The molecule has 1 atom stereocenters. The van der Waals surface area contributed by atoms with E-state index in [1.165, 1.54) is 12.8 Å². The van der Waals surface area contributed by atoms with E-state index in [0.717, 1.165) is 26.2 Å². The Labute approximate surface area is 156 Å². The number of ether oxygens (including phenoxy) is 1. The number of rotatable bonds is 8. The van der Waals surface area contributed by atoms with Gasteiger partial charge >= 0.3 is 0 Å². The van der Waals surface area contributed by atoms with Crippen LogP contribution in [0.4, 0.5) is 0 Å². The van der Waals surface area contributed by atoms with Crippen molar-refractivity contribution in [2.75, 3.05) is 51.9 Å². The van der Waals surface area contributed by atoms with Crippen molar-refractivity contribution in [3.8, 4) is 0 Å². The van der Waals surface area contributed by atoms with Crippen LogP contribution in [0.2, 0.25) is 0 Å². The molecular weight excluding hydrogens is 431 g/mol. The average molecular weight is 460 g/mol. The molecule has 136 valence electrons. The van der Waals surface area contributed by atoms with Crippen molar-refractivity contribution >= 4 is 39.8 Å². The molecule has 23 heavy (non-hydrogen) atoms. The standard InChI is InChI=1S/C14H28N4O3S.HI/c1-15-14(17-12-5-10-22(19,20)11-12)16-6-7-18(8-9-21-2)13-3-4-13;/h12-13H,3-11H2,1-2H3,(H2,15,16,17);1H. The van der Waals surface area contributed by atoms with Crippen LogP contribution in [0.1, 0.15) is 19.3 Å². The summed E-state index contributed by atoms with van der Waals surface area (Å²) in [5, 5.41) is 6.47. The predicted octanol–water partition coefficient (Wildman–Crippen LogP) is 0.0673. The topological polar surface area (TPSA) is 83.0 Å². The van der Waals surface area contributed by atoms with Crippen LogP contribution in [0.15, 0.2) is 4.99 Å². The van der Waals surface area contributed by atoms with Crippen LogP contribution >= 0.6 is 24.0 Å². The van der Waals surface area contributed by atoms with Gasteiger partial charge in [0, 0.05) is 45.9 Å². The van der Waals surface area contributed by atoms with E-state index in [2.05, 4.69) is 20.5 Å². The summed E-state index contributed by atoms with van der Waals surface area (Å²) in [6, 6.07) is 0.677. The minimum Gasteiger partial charge on any atom is -0.383 e. The van der Waals surface area contributed by atoms with Gasteiger partial charge in [-0.3, -0.25) is 9.89 Å². The molecule has 0 spiro atoms. The van der Waals surface area contributed by atoms with E-state index >= 15 is 0 Å². The summed E-state index contributed by atoms with van der Waals surface area (Å²) in [6.45, 7) is 3.44. The van der Waals surface area contributed by atoms with Gasteiger partial charge in [-0.1, -0.05) is 0 Å². The van der Waals surface area contributed by atoms with Crippen molar-refractivity contribution in [3.05, 3.63) is 0 Å². The lowest BCUT2D eigenvalue weighted by Gasteiger charge is -2.23. The highest BCUT2D eigenvalue weighted by Crippen LogP contribution is 2.25. The number of aliphatic imine (C=N–C) groups is 1. The van der Waals surface area contributed by atoms with Gasteiger partial charge in [-0.2, -0.15) is 0 Å². The fraction of sp³-hybridized carbons (Fsp3) is 0.929. The zero-order valence-electron chi connectivity index (χ0n) is 14.0. The Bertz CT molecular complexity index is 482. The van der Waals surface area contributed by atoms with E-state index in [0.29, 0.717) is 18.4 Å². The second-order valence-electron chi connectivity index (χ2n) is 6.00. The number of nitrogens with zero attached hydrogens (tertiary/aromatic N) is 2. The SMILES string of the molecule is CN=C(NCCN(CCOC)C1CC1)NC1CCS(=O)(=O)C1.I. The number of nitrogens with one attached hydrogen (secondary N) is 2. The van der Waals surface area contributed by atoms with Crippen LogP contribution < -0.4 is 10.6 Å². The van der Waals surface area contributed by atoms with E-state index in [-0.39, 0.29) is 41.5 Å². The summed E-state index contributed by atoms with van der Waals surface area (Å²) in [5.74, 6) is 1.16. The lowest BCUT2D eigenvalue weighted by atomic mass is 10.3. The first-order chi connectivity index (χ1) is 10.5. The van der Waals surface area contributed by atoms with Crippen molar-refractivity contribution in [3.63, 3.8) is 0 Å². The maximum absolute atomic E-state index is 11.5. The number of sulfone groups is 1. The predicted molar refractivity (Wildman–Crippen MR) is 103 cm³/mol. The van der Waals surface area contributed by atoms with Crippen LogP contribution in [0.5, 0.6) is 0 Å². The highest BCUT2D eigenvalue weighted by Gasteiger charge is 2.29. The molecule has 1 aliphatic heterocycles. The molecule has 9 heteroatoms. The monoisotopic (exact) mass is 460 g/mol. The Morgan fingerprint density at radius 3 is 2.57 bits per heavy atom. The first kappa shape index (κ1) is 20.9. The maximum atomic E-state index is 11.5. The normalized spacial score (nSPS) is 23.6. The summed E-state index contributed by atoms with van der Waals surface area (Å²) in [7, 11) is 0.574. The first-order valence-electron chi connectivity index (χ1n) is 7.94. The highest BCUT2D eigenvalue weighted by molar-refractivity contribution is 14.0. The van der Waals surface area contributed by atoms with Gasteiger partial charge < -0.3 is 15.4 Å². The molecule has 2 fully saturated rings. The summed E-state index contributed by atoms with van der Waals surface area (Å²) in [4.78, 5) is 6.61. The molecule has 0 aromatic rings. The third kappa shape index (κ3) is 7.53. The molecular formula is C14H29IN4O3S. The Balaban J connectivity index is 0.00000264. The molecule has 0 radical (unpaired) electrons. The smallest absolute Gasteiger partial charge is 0.191 e. The Morgan fingerprint density at radius 2 is 2.04 bits per heavy atom. The fourth-order valence-corrected chi connectivity index (χ4v) is 4.41. The minimum atomic E-state index is -2.86. The van der Waals surface area contributed by atoms with E-state index in [1.807, 2.05) is 0 Å². The quantitative estimate of drug-likeness (QED) is 0.303. The van der Waals surface area contributed by atoms with Crippen LogP contribution in [0, 0.1) is 0 Å². The lowest BCUT2D eigenvalue weighted by molar-refractivity contribution is 0.144. The number of guanidine groups is 1. The van der Waals surface area contributed by atoms with Crippen LogP contribution in [0.25, 0.3) is 0 Å². The van der Waals surface area contributed by atoms with Gasteiger partial charge in [0.15, 0.2) is 15.8 Å². The molecule has 1 unspecified atom stereocenters. The van der Waals surface area contributed by atoms with Gasteiger partial charge in [0.1, 0.15) is 0 Å². The molecule has 2 N–H and O–H groups in total. The Kier molecular flexibility index (Phi) is 9.09. The zero-order chi connectivity index (χ0) is 16.0. The third-order valence-electron chi connectivity index (χ3n) is 4.13. The van der Waals surface area contributed by atoms with Gasteiger partial charge in [0.25, 0.3) is 0 Å². The number of hydrogen-bond acceptors (Lipinski definition) is 5. The third-order valence-corrected chi connectivity index (χ3v) is 5.90. The second kappa shape index (κ2) is 10.00. The summed E-state index contributed by atoms with van der Waals surface area (Å²) in [6.07, 6.45) is 3.21. The van der Waals surface area contributed by atoms with E-state index in [9.17, 15) is 8.42 Å². The van der Waals surface area contributed by atoms with Gasteiger partial charge in [0.2, 0.25) is 0 Å². The van der Waals surface area contributed by atoms with E-state index < -0.39 is 9.84 Å². The largest absolute Gasteiger partial charge is 0.383 e. The van der Waals surface area contributed by atoms with Crippen molar-refractivity contribution in [1.82, 2.24) is 15.5 Å². The lowest BCUT2D eigenvalue weighted by Crippen LogP contribution is -2.46. The molecule has 1 aliphatic carbocycles. The first-order valence-corrected chi connectivity index (χ1v) is 9.77. The highest BCUT2D eigenvalue weighted by atomic mass is 127.